The van der Waals surface area contributed by atoms with E-state index in [2.05, 4.69) is 20.6 Å². The third kappa shape index (κ3) is 4.26. The Morgan fingerprint density at radius 2 is 1.75 bits per heavy atom. The van der Waals surface area contributed by atoms with Crippen LogP contribution in [-0.2, 0) is 0 Å². The van der Waals surface area contributed by atoms with Crippen molar-refractivity contribution in [3.63, 3.8) is 0 Å². The summed E-state index contributed by atoms with van der Waals surface area (Å²) < 4.78 is 0. The van der Waals surface area contributed by atoms with Crippen LogP contribution in [-0.4, -0.2) is 44.2 Å². The highest BCUT2D eigenvalue weighted by molar-refractivity contribution is 6.33. The van der Waals surface area contributed by atoms with Crippen molar-refractivity contribution >= 4 is 40.8 Å². The Morgan fingerprint density at radius 3 is 2.33 bits per heavy atom. The molecule has 0 saturated heterocycles. The third-order valence-corrected chi connectivity index (χ3v) is 3.51. The van der Waals surface area contributed by atoms with Crippen molar-refractivity contribution in [1.29, 1.82) is 0 Å². The van der Waals surface area contributed by atoms with Crippen LogP contribution in [0.4, 0.5) is 27.9 Å². The Morgan fingerprint density at radius 1 is 1.08 bits per heavy atom. The van der Waals surface area contributed by atoms with Gasteiger partial charge in [0.05, 0.1) is 16.9 Å². The molecule has 1 aromatic carbocycles. The number of nitrogens with one attached hydrogen (secondary N) is 2. The highest BCUT2D eigenvalue weighted by atomic mass is 35.5. The SMILES string of the molecule is Cc1ccc(NC(=O)Nc2cnc(N(C)C)nc2N(C)C)c(Cl)c1. The molecular formula is C16H21ClN6O. The van der Waals surface area contributed by atoms with Crippen LogP contribution < -0.4 is 20.4 Å². The van der Waals surface area contributed by atoms with E-state index < -0.39 is 6.03 Å². The number of rotatable bonds is 4. The molecule has 1 aromatic heterocycles. The van der Waals surface area contributed by atoms with E-state index in [1.54, 1.807) is 23.2 Å². The largest absolute Gasteiger partial charge is 0.361 e. The number of halogens is 1. The van der Waals surface area contributed by atoms with Gasteiger partial charge in [-0.15, -0.1) is 0 Å². The van der Waals surface area contributed by atoms with Crippen LogP contribution >= 0.6 is 11.6 Å². The van der Waals surface area contributed by atoms with Crippen molar-refractivity contribution in [3.8, 4) is 0 Å². The maximum absolute atomic E-state index is 12.2. The lowest BCUT2D eigenvalue weighted by molar-refractivity contribution is 0.262. The van der Waals surface area contributed by atoms with Gasteiger partial charge in [-0.2, -0.15) is 4.98 Å². The minimum atomic E-state index is -0.412. The van der Waals surface area contributed by atoms with Crippen LogP contribution in [0.25, 0.3) is 0 Å². The summed E-state index contributed by atoms with van der Waals surface area (Å²) in [6.45, 7) is 1.93. The molecular weight excluding hydrogens is 328 g/mol. The molecule has 0 atom stereocenters. The van der Waals surface area contributed by atoms with E-state index >= 15 is 0 Å². The number of carbonyl (C=O) groups is 1. The van der Waals surface area contributed by atoms with Crippen LogP contribution in [0.3, 0.4) is 0 Å². The number of anilines is 4. The molecule has 0 radical (unpaired) electrons. The number of aryl methyl sites for hydroxylation is 1. The van der Waals surface area contributed by atoms with Gasteiger partial charge in [0.2, 0.25) is 5.95 Å². The summed E-state index contributed by atoms with van der Waals surface area (Å²) in [4.78, 5) is 24.5. The zero-order valence-electron chi connectivity index (χ0n) is 14.4. The highest BCUT2D eigenvalue weighted by Crippen LogP contribution is 2.25. The maximum Gasteiger partial charge on any atom is 0.323 e. The van der Waals surface area contributed by atoms with Gasteiger partial charge in [-0.25, -0.2) is 9.78 Å². The predicted octanol–water partition coefficient (Wildman–Crippen LogP) is 3.21. The number of nitrogens with zero attached hydrogens (tertiary/aromatic N) is 4. The molecule has 0 aliphatic rings. The predicted molar refractivity (Wildman–Crippen MR) is 99.5 cm³/mol. The Labute approximate surface area is 146 Å². The molecule has 2 amide bonds. The lowest BCUT2D eigenvalue weighted by Crippen LogP contribution is -2.23. The second-order valence-corrected chi connectivity index (χ2v) is 6.17. The molecule has 0 bridgehead atoms. The fraction of sp³-hybridized carbons (Fsp3) is 0.312. The molecule has 128 valence electrons. The molecule has 0 aliphatic heterocycles. The molecule has 0 spiro atoms. The van der Waals surface area contributed by atoms with Crippen molar-refractivity contribution in [3.05, 3.63) is 35.0 Å². The number of hydrogen-bond acceptors (Lipinski definition) is 5. The molecule has 1 heterocycles. The zero-order valence-corrected chi connectivity index (χ0v) is 15.1. The van der Waals surface area contributed by atoms with Gasteiger partial charge < -0.3 is 20.4 Å². The quantitative estimate of drug-likeness (QED) is 0.887. The van der Waals surface area contributed by atoms with Crippen LogP contribution in [0.2, 0.25) is 5.02 Å². The van der Waals surface area contributed by atoms with E-state index in [-0.39, 0.29) is 0 Å². The van der Waals surface area contributed by atoms with Crippen LogP contribution in [0.5, 0.6) is 0 Å². The lowest BCUT2D eigenvalue weighted by Gasteiger charge is -2.19. The summed E-state index contributed by atoms with van der Waals surface area (Å²) in [6.07, 6.45) is 1.58. The van der Waals surface area contributed by atoms with E-state index in [0.717, 1.165) is 5.56 Å². The van der Waals surface area contributed by atoms with Gasteiger partial charge in [0.15, 0.2) is 5.82 Å². The molecule has 0 saturated carbocycles. The van der Waals surface area contributed by atoms with Gasteiger partial charge in [-0.1, -0.05) is 17.7 Å². The molecule has 0 fully saturated rings. The highest BCUT2D eigenvalue weighted by Gasteiger charge is 2.14. The first-order valence-corrected chi connectivity index (χ1v) is 7.71. The van der Waals surface area contributed by atoms with Gasteiger partial charge in [0.1, 0.15) is 5.69 Å². The van der Waals surface area contributed by atoms with Gasteiger partial charge in [0.25, 0.3) is 0 Å². The summed E-state index contributed by atoms with van der Waals surface area (Å²) in [7, 11) is 7.41. The Kier molecular flexibility index (Phi) is 5.46. The van der Waals surface area contributed by atoms with E-state index in [9.17, 15) is 4.79 Å². The van der Waals surface area contributed by atoms with Gasteiger partial charge in [-0.05, 0) is 24.6 Å². The summed E-state index contributed by atoms with van der Waals surface area (Å²) in [5.41, 5.74) is 2.07. The van der Waals surface area contributed by atoms with Gasteiger partial charge in [-0.3, -0.25) is 0 Å². The third-order valence-electron chi connectivity index (χ3n) is 3.20. The van der Waals surface area contributed by atoms with Crippen LogP contribution in [0, 0.1) is 6.92 Å². The average molecular weight is 349 g/mol. The first-order chi connectivity index (χ1) is 11.3. The smallest absolute Gasteiger partial charge is 0.323 e. The Bertz CT molecular complexity index is 747. The number of benzene rings is 1. The number of carbonyl (C=O) groups excluding carboxylic acids is 1. The zero-order chi connectivity index (χ0) is 17.9. The summed E-state index contributed by atoms with van der Waals surface area (Å²) in [5.74, 6) is 1.17. The number of urea groups is 1. The minimum Gasteiger partial charge on any atom is -0.361 e. The Hall–Kier alpha value is -2.54. The van der Waals surface area contributed by atoms with Crippen LogP contribution in [0.1, 0.15) is 5.56 Å². The summed E-state index contributed by atoms with van der Waals surface area (Å²) >= 11 is 6.13. The fourth-order valence-corrected chi connectivity index (χ4v) is 2.29. The minimum absolute atomic E-state index is 0.412. The molecule has 24 heavy (non-hydrogen) atoms. The van der Waals surface area contributed by atoms with Crippen molar-refractivity contribution in [2.75, 3.05) is 48.6 Å². The first kappa shape index (κ1) is 17.8. The number of hydrogen-bond donors (Lipinski definition) is 2. The molecule has 0 unspecified atom stereocenters. The van der Waals surface area contributed by atoms with Crippen molar-refractivity contribution < 1.29 is 4.79 Å². The summed E-state index contributed by atoms with van der Waals surface area (Å²) in [6, 6.07) is 5.01. The molecule has 2 aromatic rings. The van der Waals surface area contributed by atoms with Crippen molar-refractivity contribution in [1.82, 2.24) is 9.97 Å². The van der Waals surface area contributed by atoms with E-state index in [1.807, 2.05) is 46.1 Å². The van der Waals surface area contributed by atoms with E-state index in [1.165, 1.54) is 0 Å². The summed E-state index contributed by atoms with van der Waals surface area (Å²) in [5, 5.41) is 5.96. The monoisotopic (exact) mass is 348 g/mol. The molecule has 0 aliphatic carbocycles. The molecule has 8 heteroatoms. The van der Waals surface area contributed by atoms with Crippen molar-refractivity contribution in [2.24, 2.45) is 0 Å². The van der Waals surface area contributed by atoms with E-state index in [4.69, 9.17) is 11.6 Å². The standard InChI is InChI=1S/C16H21ClN6O/c1-10-6-7-12(11(17)8-10)19-16(24)20-13-9-18-15(23(4)5)21-14(13)22(2)3/h6-9H,1-5H3,(H2,19,20,24). The normalized spacial score (nSPS) is 10.2. The number of amides is 2. The van der Waals surface area contributed by atoms with Crippen molar-refractivity contribution in [2.45, 2.75) is 6.92 Å². The van der Waals surface area contributed by atoms with Gasteiger partial charge in [0, 0.05) is 28.2 Å². The average Bonchev–Trinajstić information content (AvgIpc) is 2.50. The van der Waals surface area contributed by atoms with Crippen LogP contribution in [0.15, 0.2) is 24.4 Å². The second kappa shape index (κ2) is 7.35. The topological polar surface area (TPSA) is 73.4 Å². The first-order valence-electron chi connectivity index (χ1n) is 7.33. The maximum atomic E-state index is 12.2. The molecule has 2 rings (SSSR count). The molecule has 2 N–H and O–H groups in total. The Balaban J connectivity index is 2.19. The van der Waals surface area contributed by atoms with E-state index in [0.29, 0.717) is 28.2 Å². The lowest BCUT2D eigenvalue weighted by atomic mass is 10.2. The fourth-order valence-electron chi connectivity index (χ4n) is 2.01. The second-order valence-electron chi connectivity index (χ2n) is 5.76. The van der Waals surface area contributed by atoms with Gasteiger partial charge >= 0.3 is 6.03 Å². The number of aromatic nitrogens is 2. The molecule has 7 nitrogen and oxygen atoms in total.